The van der Waals surface area contributed by atoms with E-state index in [1.165, 1.54) is 4.90 Å². The summed E-state index contributed by atoms with van der Waals surface area (Å²) in [5.74, 6) is 0. The first-order valence-electron chi connectivity index (χ1n) is 6.84. The van der Waals surface area contributed by atoms with Gasteiger partial charge in [0.1, 0.15) is 0 Å². The number of hydrogen-bond donors (Lipinski definition) is 2. The quantitative estimate of drug-likeness (QED) is 0.806. The maximum Gasteiger partial charge on any atom is 0.315 e. The van der Waals surface area contributed by atoms with Gasteiger partial charge in [-0.05, 0) is 12.1 Å². The van der Waals surface area contributed by atoms with Crippen molar-refractivity contribution in [1.82, 2.24) is 20.4 Å². The zero-order valence-corrected chi connectivity index (χ0v) is 13.1. The number of aromatic nitrogens is 2. The van der Waals surface area contributed by atoms with Crippen LogP contribution >= 0.6 is 11.8 Å². The Morgan fingerprint density at radius 2 is 2.10 bits per heavy atom. The van der Waals surface area contributed by atoms with Gasteiger partial charge in [-0.15, -0.1) is 11.8 Å². The maximum atomic E-state index is 11.7. The fourth-order valence-corrected chi connectivity index (χ4v) is 2.76. The highest BCUT2D eigenvalue weighted by Gasteiger charge is 2.07. The molecule has 1 aromatic heterocycles. The van der Waals surface area contributed by atoms with Gasteiger partial charge in [0.25, 0.3) is 0 Å². The molecule has 0 spiro atoms. The van der Waals surface area contributed by atoms with Gasteiger partial charge in [-0.2, -0.15) is 5.10 Å². The van der Waals surface area contributed by atoms with Crippen molar-refractivity contribution in [3.05, 3.63) is 48.3 Å². The van der Waals surface area contributed by atoms with Gasteiger partial charge in [0.05, 0.1) is 6.20 Å². The summed E-state index contributed by atoms with van der Waals surface area (Å²) in [6.07, 6.45) is 3.63. The fourth-order valence-electron chi connectivity index (χ4n) is 1.82. The number of nitrogens with one attached hydrogen (secondary N) is 2. The number of aryl methyl sites for hydroxylation is 1. The van der Waals surface area contributed by atoms with Gasteiger partial charge in [-0.1, -0.05) is 25.1 Å². The van der Waals surface area contributed by atoms with Crippen LogP contribution in [0.25, 0.3) is 0 Å². The number of rotatable bonds is 6. The molecule has 2 aromatic rings. The maximum absolute atomic E-state index is 11.7. The highest BCUT2D eigenvalue weighted by atomic mass is 32.2. The number of hydrogen-bond acceptors (Lipinski definition) is 3. The molecule has 5 nitrogen and oxygen atoms in total. The molecule has 112 valence electrons. The summed E-state index contributed by atoms with van der Waals surface area (Å²) in [6.45, 7) is 3.21. The van der Waals surface area contributed by atoms with E-state index in [4.69, 9.17) is 0 Å². The van der Waals surface area contributed by atoms with Crippen molar-refractivity contribution in [3.63, 3.8) is 0 Å². The Bertz CT molecular complexity index is 570. The predicted octanol–water partition coefficient (Wildman–Crippen LogP) is 2.40. The minimum absolute atomic E-state index is 0.153. The number of thioether (sulfide) groups is 1. The molecule has 2 amide bonds. The zero-order chi connectivity index (χ0) is 15.1. The molecule has 0 saturated carbocycles. The summed E-state index contributed by atoms with van der Waals surface area (Å²) in [5, 5.41) is 10.1. The molecule has 0 aliphatic heterocycles. The Hall–Kier alpha value is -1.95. The summed E-state index contributed by atoms with van der Waals surface area (Å²) in [5.41, 5.74) is 0.986. The standard InChI is InChI=1S/C15H20N4OS/c1-12(21-14-6-4-3-5-7-14)8-16-15(20)17-9-13-10-18-19(2)11-13/h3-7,10-12H,8-9H2,1-2H3,(H2,16,17,20)/t12-/m0/s1. The molecular weight excluding hydrogens is 284 g/mol. The lowest BCUT2D eigenvalue weighted by molar-refractivity contribution is 0.240. The Morgan fingerprint density at radius 1 is 1.33 bits per heavy atom. The van der Waals surface area contributed by atoms with Crippen molar-refractivity contribution in [3.8, 4) is 0 Å². The molecule has 1 heterocycles. The molecule has 21 heavy (non-hydrogen) atoms. The van der Waals surface area contributed by atoms with Crippen LogP contribution in [0.3, 0.4) is 0 Å². The van der Waals surface area contributed by atoms with E-state index in [2.05, 4.69) is 34.8 Å². The normalized spacial score (nSPS) is 11.9. The molecule has 0 aliphatic rings. The van der Waals surface area contributed by atoms with Crippen molar-refractivity contribution in [2.75, 3.05) is 6.54 Å². The summed E-state index contributed by atoms with van der Waals surface area (Å²) in [4.78, 5) is 12.9. The molecule has 0 bridgehead atoms. The number of nitrogens with zero attached hydrogens (tertiary/aromatic N) is 2. The molecule has 1 atom stereocenters. The minimum Gasteiger partial charge on any atom is -0.337 e. The van der Waals surface area contributed by atoms with Crippen LogP contribution in [-0.4, -0.2) is 27.6 Å². The van der Waals surface area contributed by atoms with E-state index < -0.39 is 0 Å². The van der Waals surface area contributed by atoms with Crippen LogP contribution in [0.15, 0.2) is 47.6 Å². The Labute approximate surface area is 129 Å². The Balaban J connectivity index is 1.66. The number of benzene rings is 1. The van der Waals surface area contributed by atoms with Gasteiger partial charge in [0.15, 0.2) is 0 Å². The minimum atomic E-state index is -0.153. The third-order valence-electron chi connectivity index (χ3n) is 2.84. The Kier molecular flexibility index (Phi) is 5.68. The summed E-state index contributed by atoms with van der Waals surface area (Å²) >= 11 is 1.75. The zero-order valence-electron chi connectivity index (χ0n) is 12.2. The van der Waals surface area contributed by atoms with Crippen molar-refractivity contribution >= 4 is 17.8 Å². The molecule has 6 heteroatoms. The summed E-state index contributed by atoms with van der Waals surface area (Å²) in [6, 6.07) is 10.0. The third-order valence-corrected chi connectivity index (χ3v) is 3.96. The van der Waals surface area contributed by atoms with Crippen LogP contribution in [0, 0.1) is 0 Å². The lowest BCUT2D eigenvalue weighted by Crippen LogP contribution is -2.38. The number of carbonyl (C=O) groups is 1. The number of amides is 2. The van der Waals surface area contributed by atoms with E-state index in [9.17, 15) is 4.79 Å². The second kappa shape index (κ2) is 7.73. The lowest BCUT2D eigenvalue weighted by atomic mass is 10.4. The van der Waals surface area contributed by atoms with E-state index in [0.29, 0.717) is 18.3 Å². The smallest absolute Gasteiger partial charge is 0.315 e. The van der Waals surface area contributed by atoms with Crippen LogP contribution in [0.2, 0.25) is 0 Å². The average molecular weight is 304 g/mol. The van der Waals surface area contributed by atoms with Gasteiger partial charge in [-0.25, -0.2) is 4.79 Å². The average Bonchev–Trinajstić information content (AvgIpc) is 2.90. The largest absolute Gasteiger partial charge is 0.337 e. The van der Waals surface area contributed by atoms with E-state index >= 15 is 0 Å². The second-order valence-electron chi connectivity index (χ2n) is 4.83. The highest BCUT2D eigenvalue weighted by molar-refractivity contribution is 8.00. The van der Waals surface area contributed by atoms with Crippen molar-refractivity contribution in [2.45, 2.75) is 23.6 Å². The van der Waals surface area contributed by atoms with Crippen LogP contribution in [0.1, 0.15) is 12.5 Å². The first-order valence-corrected chi connectivity index (χ1v) is 7.72. The molecule has 0 fully saturated rings. The topological polar surface area (TPSA) is 59.0 Å². The highest BCUT2D eigenvalue weighted by Crippen LogP contribution is 2.21. The third kappa shape index (κ3) is 5.51. The molecule has 0 radical (unpaired) electrons. The van der Waals surface area contributed by atoms with Gasteiger partial charge in [-0.3, -0.25) is 4.68 Å². The second-order valence-corrected chi connectivity index (χ2v) is 6.34. The fraction of sp³-hybridized carbons (Fsp3) is 0.333. The molecular formula is C15H20N4OS. The number of urea groups is 1. The number of carbonyl (C=O) groups excluding carboxylic acids is 1. The van der Waals surface area contributed by atoms with Gasteiger partial charge in [0.2, 0.25) is 0 Å². The monoisotopic (exact) mass is 304 g/mol. The predicted molar refractivity (Wildman–Crippen MR) is 85.2 cm³/mol. The lowest BCUT2D eigenvalue weighted by Gasteiger charge is -2.12. The van der Waals surface area contributed by atoms with Crippen molar-refractivity contribution in [1.29, 1.82) is 0 Å². The van der Waals surface area contributed by atoms with Gasteiger partial charge < -0.3 is 10.6 Å². The van der Waals surface area contributed by atoms with Crippen LogP contribution in [0.5, 0.6) is 0 Å². The van der Waals surface area contributed by atoms with Crippen LogP contribution in [-0.2, 0) is 13.6 Å². The summed E-state index contributed by atoms with van der Waals surface area (Å²) in [7, 11) is 1.85. The van der Waals surface area contributed by atoms with E-state index in [0.717, 1.165) is 5.56 Å². The molecule has 1 aromatic carbocycles. The molecule has 0 unspecified atom stereocenters. The van der Waals surface area contributed by atoms with Crippen molar-refractivity contribution in [2.24, 2.45) is 7.05 Å². The van der Waals surface area contributed by atoms with Crippen LogP contribution < -0.4 is 10.6 Å². The summed E-state index contributed by atoms with van der Waals surface area (Å²) < 4.78 is 1.72. The van der Waals surface area contributed by atoms with E-state index in [-0.39, 0.29) is 6.03 Å². The first kappa shape index (κ1) is 15.4. The molecule has 0 aliphatic carbocycles. The van der Waals surface area contributed by atoms with Gasteiger partial charge >= 0.3 is 6.03 Å². The van der Waals surface area contributed by atoms with Crippen molar-refractivity contribution < 1.29 is 4.79 Å². The van der Waals surface area contributed by atoms with E-state index in [1.54, 1.807) is 22.6 Å². The molecule has 2 rings (SSSR count). The molecule has 0 saturated heterocycles. The van der Waals surface area contributed by atoms with Gasteiger partial charge in [0, 0.05) is 42.0 Å². The SMILES string of the molecule is C[C@@H](CNC(=O)NCc1cnn(C)c1)Sc1ccccc1. The Morgan fingerprint density at radius 3 is 2.76 bits per heavy atom. The van der Waals surface area contributed by atoms with E-state index in [1.807, 2.05) is 31.4 Å². The first-order chi connectivity index (χ1) is 10.1. The van der Waals surface area contributed by atoms with Crippen LogP contribution in [0.4, 0.5) is 4.79 Å². The molecule has 2 N–H and O–H groups in total.